The Kier molecular flexibility index (Phi) is 8.67. The van der Waals surface area contributed by atoms with Gasteiger partial charge in [0.2, 0.25) is 0 Å². The highest BCUT2D eigenvalue weighted by atomic mass is 15.2. The summed E-state index contributed by atoms with van der Waals surface area (Å²) in [6.45, 7) is 0. The van der Waals surface area contributed by atoms with Crippen LogP contribution in [0, 0.1) is 0 Å². The summed E-state index contributed by atoms with van der Waals surface area (Å²) < 4.78 is 2.48. The molecule has 0 N–H and O–H groups in total. The van der Waals surface area contributed by atoms with Crippen molar-refractivity contribution in [2.75, 3.05) is 4.90 Å². The minimum Gasteiger partial charge on any atom is -0.314 e. The number of allylic oxidation sites excluding steroid dienone is 4. The molecule has 0 saturated carbocycles. The molecule has 292 valence electrons. The SMILES string of the molecule is C1=CC(c2ccccc2)CC(N(c2ccc(-c3cc(-c4ccccc4)ccc3-n3c4ccccc4c4c5ccccc5ccc43)cc2)c2cc3ccccc3c3ccccc23)=C1. The lowest BCUT2D eigenvalue weighted by molar-refractivity contribution is 0.795. The second-order valence-electron chi connectivity index (χ2n) is 16.4. The summed E-state index contributed by atoms with van der Waals surface area (Å²) in [6.07, 6.45) is 7.79. The normalized spacial score (nSPS) is 13.9. The largest absolute Gasteiger partial charge is 0.314 e. The molecule has 1 aliphatic rings. The number of rotatable bonds is 7. The quantitative estimate of drug-likeness (QED) is 0.146. The zero-order valence-corrected chi connectivity index (χ0v) is 34.2. The fraction of sp³-hybridized carbons (Fsp3) is 0.0333. The molecule has 1 aromatic heterocycles. The van der Waals surface area contributed by atoms with Crippen LogP contribution in [0.2, 0.25) is 0 Å². The molecule has 1 aliphatic carbocycles. The van der Waals surface area contributed by atoms with Crippen LogP contribution in [0.15, 0.2) is 242 Å². The van der Waals surface area contributed by atoms with Crippen molar-refractivity contribution >= 4 is 65.5 Å². The van der Waals surface area contributed by atoms with Crippen LogP contribution in [0.3, 0.4) is 0 Å². The summed E-state index contributed by atoms with van der Waals surface area (Å²) in [4.78, 5) is 2.51. The number of para-hydroxylation sites is 1. The van der Waals surface area contributed by atoms with Gasteiger partial charge in [-0.25, -0.2) is 0 Å². The lowest BCUT2D eigenvalue weighted by Crippen LogP contribution is -2.20. The van der Waals surface area contributed by atoms with Crippen LogP contribution in [-0.2, 0) is 0 Å². The smallest absolute Gasteiger partial charge is 0.0547 e. The van der Waals surface area contributed by atoms with Crippen LogP contribution >= 0.6 is 0 Å². The Hall–Kier alpha value is -7.94. The molecular weight excluding hydrogens is 749 g/mol. The molecule has 0 fully saturated rings. The van der Waals surface area contributed by atoms with E-state index < -0.39 is 0 Å². The van der Waals surface area contributed by atoms with E-state index in [1.165, 1.54) is 87.8 Å². The van der Waals surface area contributed by atoms with E-state index in [9.17, 15) is 0 Å². The third kappa shape index (κ3) is 6.03. The predicted molar refractivity (Wildman–Crippen MR) is 264 cm³/mol. The monoisotopic (exact) mass is 790 g/mol. The topological polar surface area (TPSA) is 8.17 Å². The van der Waals surface area contributed by atoms with Gasteiger partial charge in [-0.3, -0.25) is 0 Å². The first kappa shape index (κ1) is 36.0. The molecule has 1 unspecified atom stereocenters. The summed E-state index contributed by atoms with van der Waals surface area (Å²) in [6, 6.07) is 80.2. The van der Waals surface area contributed by atoms with E-state index in [1.54, 1.807) is 0 Å². The Morgan fingerprint density at radius 2 is 1.08 bits per heavy atom. The minimum absolute atomic E-state index is 0.274. The van der Waals surface area contributed by atoms with Crippen molar-refractivity contribution in [1.29, 1.82) is 0 Å². The van der Waals surface area contributed by atoms with Gasteiger partial charge in [0, 0.05) is 39.0 Å². The molecule has 0 bridgehead atoms. The van der Waals surface area contributed by atoms with Crippen LogP contribution in [0.4, 0.5) is 11.4 Å². The first-order chi connectivity index (χ1) is 30.8. The van der Waals surface area contributed by atoms with E-state index in [0.717, 1.165) is 23.4 Å². The Bertz CT molecular complexity index is 3540. The van der Waals surface area contributed by atoms with Crippen molar-refractivity contribution in [1.82, 2.24) is 4.57 Å². The van der Waals surface area contributed by atoms with Gasteiger partial charge in [0.15, 0.2) is 0 Å². The first-order valence-electron chi connectivity index (χ1n) is 21.6. The Balaban J connectivity index is 1.06. The second kappa shape index (κ2) is 15.0. The maximum Gasteiger partial charge on any atom is 0.0547 e. The highest BCUT2D eigenvalue weighted by molar-refractivity contribution is 6.21. The third-order valence-electron chi connectivity index (χ3n) is 12.9. The molecule has 0 amide bonds. The molecule has 2 nitrogen and oxygen atoms in total. The molecule has 0 spiro atoms. The van der Waals surface area contributed by atoms with Gasteiger partial charge in [0.25, 0.3) is 0 Å². The van der Waals surface area contributed by atoms with Crippen molar-refractivity contribution in [3.63, 3.8) is 0 Å². The van der Waals surface area contributed by atoms with Gasteiger partial charge in [-0.15, -0.1) is 0 Å². The van der Waals surface area contributed by atoms with Crippen molar-refractivity contribution in [2.24, 2.45) is 0 Å². The lowest BCUT2D eigenvalue weighted by Gasteiger charge is -2.32. The minimum atomic E-state index is 0.274. The van der Waals surface area contributed by atoms with Gasteiger partial charge in [-0.1, -0.05) is 188 Å². The maximum atomic E-state index is 2.51. The fourth-order valence-electron chi connectivity index (χ4n) is 10.00. The number of anilines is 2. The summed E-state index contributed by atoms with van der Waals surface area (Å²) in [5, 5.41) is 10.1. The highest BCUT2D eigenvalue weighted by Crippen LogP contribution is 2.45. The van der Waals surface area contributed by atoms with Crippen LogP contribution in [0.25, 0.3) is 82.1 Å². The van der Waals surface area contributed by atoms with E-state index in [0.29, 0.717) is 0 Å². The van der Waals surface area contributed by atoms with Crippen molar-refractivity contribution in [3.8, 4) is 27.9 Å². The first-order valence-corrected chi connectivity index (χ1v) is 21.6. The summed E-state index contributed by atoms with van der Waals surface area (Å²) >= 11 is 0. The number of benzene rings is 10. The Morgan fingerprint density at radius 1 is 0.435 bits per heavy atom. The van der Waals surface area contributed by atoms with E-state index in [4.69, 9.17) is 0 Å². The molecule has 1 atom stereocenters. The average molecular weight is 791 g/mol. The molecule has 10 aromatic carbocycles. The molecule has 62 heavy (non-hydrogen) atoms. The highest BCUT2D eigenvalue weighted by Gasteiger charge is 2.24. The number of hydrogen-bond donors (Lipinski definition) is 0. The second-order valence-corrected chi connectivity index (χ2v) is 16.4. The number of fused-ring (bicyclic) bond motifs is 8. The van der Waals surface area contributed by atoms with Gasteiger partial charge in [0.1, 0.15) is 0 Å². The standard InChI is InChI=1S/C60H42N2/c1-3-16-41(17-4-1)45-22-15-23-49(38-45)61(59-40-47-21-8-9-24-50(47)52-26-11-12-27-53(52)59)48-34-30-44(31-35-48)55-39-46(42-18-5-2-6-19-42)33-36-57(55)62-56-29-14-13-28-54(56)60-51-25-10-7-20-43(51)32-37-58(60)62/h1-37,39-40,45H,38H2. The number of hydrogen-bond acceptors (Lipinski definition) is 1. The molecular formula is C60H42N2. The molecule has 12 rings (SSSR count). The van der Waals surface area contributed by atoms with Gasteiger partial charge >= 0.3 is 0 Å². The summed E-state index contributed by atoms with van der Waals surface area (Å²) in [5.74, 6) is 0.274. The van der Waals surface area contributed by atoms with E-state index in [1.807, 2.05) is 0 Å². The van der Waals surface area contributed by atoms with Crippen molar-refractivity contribution in [2.45, 2.75) is 12.3 Å². The van der Waals surface area contributed by atoms with Crippen molar-refractivity contribution < 1.29 is 0 Å². The van der Waals surface area contributed by atoms with Crippen molar-refractivity contribution in [3.05, 3.63) is 248 Å². The number of aromatic nitrogens is 1. The lowest BCUT2D eigenvalue weighted by atomic mass is 9.89. The molecule has 0 radical (unpaired) electrons. The molecule has 0 aliphatic heterocycles. The van der Waals surface area contributed by atoms with Gasteiger partial charge in [-0.05, 0) is 104 Å². The van der Waals surface area contributed by atoms with Crippen LogP contribution in [-0.4, -0.2) is 4.57 Å². The molecule has 2 heteroatoms. The van der Waals surface area contributed by atoms with Crippen LogP contribution < -0.4 is 4.90 Å². The average Bonchev–Trinajstić information content (AvgIpc) is 3.69. The van der Waals surface area contributed by atoms with E-state index >= 15 is 0 Å². The van der Waals surface area contributed by atoms with Gasteiger partial charge < -0.3 is 9.47 Å². The predicted octanol–water partition coefficient (Wildman–Crippen LogP) is 16.3. The van der Waals surface area contributed by atoms with Crippen LogP contribution in [0.5, 0.6) is 0 Å². The Morgan fingerprint density at radius 3 is 1.89 bits per heavy atom. The Labute approximate surface area is 361 Å². The van der Waals surface area contributed by atoms with Gasteiger partial charge in [-0.2, -0.15) is 0 Å². The zero-order valence-electron chi connectivity index (χ0n) is 34.2. The molecule has 11 aromatic rings. The maximum absolute atomic E-state index is 2.51. The molecule has 0 saturated heterocycles. The number of nitrogens with zero attached hydrogens (tertiary/aromatic N) is 2. The van der Waals surface area contributed by atoms with E-state index in [-0.39, 0.29) is 5.92 Å². The molecule has 1 heterocycles. The zero-order chi connectivity index (χ0) is 41.0. The fourth-order valence-corrected chi connectivity index (χ4v) is 10.00. The van der Waals surface area contributed by atoms with Gasteiger partial charge in [0.05, 0.1) is 22.4 Å². The summed E-state index contributed by atoms with van der Waals surface area (Å²) in [7, 11) is 0. The third-order valence-corrected chi connectivity index (χ3v) is 12.9. The van der Waals surface area contributed by atoms with Crippen LogP contribution in [0.1, 0.15) is 17.9 Å². The summed E-state index contributed by atoms with van der Waals surface area (Å²) in [5.41, 5.74) is 13.2. The van der Waals surface area contributed by atoms with E-state index in [2.05, 4.69) is 246 Å².